The summed E-state index contributed by atoms with van der Waals surface area (Å²) in [6.07, 6.45) is 3.50. The van der Waals surface area contributed by atoms with Gasteiger partial charge in [0.25, 0.3) is 11.8 Å². The van der Waals surface area contributed by atoms with Gasteiger partial charge in [0.1, 0.15) is 5.57 Å². The number of hydrogen-bond donors (Lipinski definition) is 1. The van der Waals surface area contributed by atoms with Crippen molar-refractivity contribution < 1.29 is 9.59 Å². The molecule has 0 bridgehead atoms. The predicted molar refractivity (Wildman–Crippen MR) is 127 cm³/mol. The van der Waals surface area contributed by atoms with Gasteiger partial charge in [0, 0.05) is 37.4 Å². The average Bonchev–Trinajstić information content (AvgIpc) is 3.20. The van der Waals surface area contributed by atoms with E-state index in [1.807, 2.05) is 97.3 Å². The Morgan fingerprint density at radius 2 is 1.68 bits per heavy atom. The van der Waals surface area contributed by atoms with Crippen LogP contribution in [0.1, 0.15) is 11.3 Å². The number of thiocarbonyl (C=S) groups is 1. The van der Waals surface area contributed by atoms with Gasteiger partial charge in [-0.15, -0.1) is 0 Å². The molecule has 156 valence electrons. The number of nitrogens with one attached hydrogen (secondary N) is 1. The molecule has 0 unspecified atom stereocenters. The second-order valence-corrected chi connectivity index (χ2v) is 7.84. The number of para-hydroxylation sites is 1. The zero-order chi connectivity index (χ0) is 22.1. The van der Waals surface area contributed by atoms with Crippen molar-refractivity contribution in [1.29, 1.82) is 0 Å². The number of anilines is 2. The average molecular weight is 431 g/mol. The van der Waals surface area contributed by atoms with Gasteiger partial charge in [0.05, 0.1) is 5.69 Å². The number of carbonyl (C=O) groups excluding carboxylic acids is 2. The summed E-state index contributed by atoms with van der Waals surface area (Å²) in [6, 6.07) is 19.2. The van der Waals surface area contributed by atoms with Crippen LogP contribution in [0.4, 0.5) is 11.4 Å². The smallest absolute Gasteiger partial charge is 0.270 e. The molecule has 2 amide bonds. The summed E-state index contributed by atoms with van der Waals surface area (Å²) in [5, 5.41) is 2.72. The number of aromatic nitrogens is 1. The van der Waals surface area contributed by atoms with E-state index in [0.29, 0.717) is 11.4 Å². The third-order valence-corrected chi connectivity index (χ3v) is 5.46. The van der Waals surface area contributed by atoms with Crippen molar-refractivity contribution in [2.24, 2.45) is 0 Å². The molecule has 1 fully saturated rings. The molecule has 0 spiro atoms. The lowest BCUT2D eigenvalue weighted by molar-refractivity contribution is -0.122. The van der Waals surface area contributed by atoms with Crippen LogP contribution in [0.25, 0.3) is 11.8 Å². The van der Waals surface area contributed by atoms with Crippen molar-refractivity contribution in [1.82, 2.24) is 9.88 Å². The van der Waals surface area contributed by atoms with Crippen molar-refractivity contribution >= 4 is 46.6 Å². The van der Waals surface area contributed by atoms with Crippen LogP contribution in [0.2, 0.25) is 0 Å². The summed E-state index contributed by atoms with van der Waals surface area (Å²) in [5.74, 6) is -0.950. The van der Waals surface area contributed by atoms with E-state index < -0.39 is 11.8 Å². The molecule has 1 aliphatic heterocycles. The van der Waals surface area contributed by atoms with Crippen LogP contribution in [-0.2, 0) is 9.59 Å². The van der Waals surface area contributed by atoms with Crippen molar-refractivity contribution in [3.8, 4) is 5.69 Å². The zero-order valence-corrected chi connectivity index (χ0v) is 18.3. The quantitative estimate of drug-likeness (QED) is 0.390. The molecule has 1 N–H and O–H groups in total. The summed E-state index contributed by atoms with van der Waals surface area (Å²) in [4.78, 5) is 29.3. The Bertz CT molecular complexity index is 1210. The molecule has 6 nitrogen and oxygen atoms in total. The summed E-state index contributed by atoms with van der Waals surface area (Å²) in [6.45, 7) is 1.90. The van der Waals surface area contributed by atoms with Crippen molar-refractivity contribution in [2.75, 3.05) is 23.9 Å². The highest BCUT2D eigenvalue weighted by Gasteiger charge is 2.35. The summed E-state index contributed by atoms with van der Waals surface area (Å²) in [5.41, 5.74) is 4.30. The molecule has 2 aromatic carbocycles. The molecule has 2 heterocycles. The number of rotatable bonds is 4. The molecule has 1 saturated heterocycles. The van der Waals surface area contributed by atoms with Gasteiger partial charge in [-0.2, -0.15) is 0 Å². The van der Waals surface area contributed by atoms with E-state index in [9.17, 15) is 9.59 Å². The first-order valence-electron chi connectivity index (χ1n) is 9.79. The molecule has 1 aliphatic rings. The molecule has 0 radical (unpaired) electrons. The number of benzene rings is 2. The molecule has 0 atom stereocenters. The number of nitrogens with zero attached hydrogens (tertiary/aromatic N) is 3. The number of carbonyl (C=O) groups is 2. The number of hydrogen-bond acceptors (Lipinski definition) is 4. The summed E-state index contributed by atoms with van der Waals surface area (Å²) in [7, 11) is 3.97. The molecule has 0 aliphatic carbocycles. The molecule has 7 heteroatoms. The number of amides is 2. The highest BCUT2D eigenvalue weighted by molar-refractivity contribution is 7.80. The third-order valence-electron chi connectivity index (χ3n) is 5.17. The maximum Gasteiger partial charge on any atom is 0.270 e. The van der Waals surface area contributed by atoms with E-state index in [1.165, 1.54) is 4.90 Å². The van der Waals surface area contributed by atoms with Gasteiger partial charge in [0.2, 0.25) is 0 Å². The fourth-order valence-corrected chi connectivity index (χ4v) is 3.77. The van der Waals surface area contributed by atoms with Gasteiger partial charge < -0.3 is 9.47 Å². The molecular formula is C24H22N4O2S. The van der Waals surface area contributed by atoms with E-state index in [0.717, 1.165) is 16.9 Å². The maximum absolute atomic E-state index is 13.3. The normalized spacial score (nSPS) is 15.4. The van der Waals surface area contributed by atoms with Crippen molar-refractivity contribution in [2.45, 2.75) is 6.92 Å². The largest absolute Gasteiger partial charge is 0.378 e. The van der Waals surface area contributed by atoms with E-state index in [1.54, 1.807) is 6.08 Å². The Balaban J connectivity index is 1.73. The lowest BCUT2D eigenvalue weighted by atomic mass is 10.1. The fraction of sp³-hybridized carbons (Fsp3) is 0.125. The Kier molecular flexibility index (Phi) is 5.44. The van der Waals surface area contributed by atoms with Crippen LogP contribution < -0.4 is 15.1 Å². The second-order valence-electron chi connectivity index (χ2n) is 7.46. The Morgan fingerprint density at radius 3 is 2.35 bits per heavy atom. The Labute approximate surface area is 186 Å². The molecule has 0 saturated carbocycles. The monoisotopic (exact) mass is 430 g/mol. The van der Waals surface area contributed by atoms with Crippen LogP contribution in [0, 0.1) is 6.92 Å². The van der Waals surface area contributed by atoms with Crippen molar-refractivity contribution in [3.63, 3.8) is 0 Å². The van der Waals surface area contributed by atoms with E-state index in [4.69, 9.17) is 12.2 Å². The van der Waals surface area contributed by atoms with Crippen LogP contribution in [-0.4, -0.2) is 35.6 Å². The van der Waals surface area contributed by atoms with Crippen molar-refractivity contribution in [3.05, 3.63) is 83.7 Å². The SMILES string of the molecule is Cc1ccccc1N1C(=O)/C(=C/c2cccn2-c2ccc(N(C)C)cc2)C(=O)NC1=S. The zero-order valence-electron chi connectivity index (χ0n) is 17.5. The van der Waals surface area contributed by atoms with Crippen LogP contribution >= 0.6 is 12.2 Å². The second kappa shape index (κ2) is 8.20. The van der Waals surface area contributed by atoms with E-state index >= 15 is 0 Å². The fourth-order valence-electron chi connectivity index (χ4n) is 3.50. The molecular weight excluding hydrogens is 408 g/mol. The summed E-state index contributed by atoms with van der Waals surface area (Å²) >= 11 is 5.30. The minimum absolute atomic E-state index is 0.0294. The standard InChI is InChI=1S/C24H22N4O2S/c1-16-7-4-5-9-21(16)28-23(30)20(22(29)25-24(28)31)15-19-8-6-14-27(19)18-12-10-17(11-13-18)26(2)3/h4-15H,1-3H3,(H,25,29,31)/b20-15+. The van der Waals surface area contributed by atoms with Gasteiger partial charge >= 0.3 is 0 Å². The first kappa shape index (κ1) is 20.6. The van der Waals surface area contributed by atoms with Gasteiger partial charge in [-0.3, -0.25) is 19.8 Å². The van der Waals surface area contributed by atoms with Gasteiger partial charge in [-0.05, 0) is 73.2 Å². The highest BCUT2D eigenvalue weighted by Crippen LogP contribution is 2.26. The molecule has 4 rings (SSSR count). The van der Waals surface area contributed by atoms with Gasteiger partial charge in [-0.25, -0.2) is 0 Å². The highest BCUT2D eigenvalue weighted by atomic mass is 32.1. The topological polar surface area (TPSA) is 57.6 Å². The van der Waals surface area contributed by atoms with E-state index in [-0.39, 0.29) is 10.7 Å². The van der Waals surface area contributed by atoms with Crippen LogP contribution in [0.3, 0.4) is 0 Å². The minimum Gasteiger partial charge on any atom is -0.378 e. The molecule has 1 aromatic heterocycles. The molecule has 3 aromatic rings. The van der Waals surface area contributed by atoms with Crippen LogP contribution in [0.15, 0.2) is 72.4 Å². The lowest BCUT2D eigenvalue weighted by Gasteiger charge is -2.30. The Morgan fingerprint density at radius 1 is 0.968 bits per heavy atom. The number of aryl methyl sites for hydroxylation is 1. The predicted octanol–water partition coefficient (Wildman–Crippen LogP) is 3.68. The lowest BCUT2D eigenvalue weighted by Crippen LogP contribution is -2.54. The van der Waals surface area contributed by atoms with Gasteiger partial charge in [-0.1, -0.05) is 18.2 Å². The van der Waals surface area contributed by atoms with E-state index in [2.05, 4.69) is 5.32 Å². The first-order chi connectivity index (χ1) is 14.9. The third kappa shape index (κ3) is 3.87. The maximum atomic E-state index is 13.3. The minimum atomic E-state index is -0.504. The summed E-state index contributed by atoms with van der Waals surface area (Å²) < 4.78 is 1.93. The van der Waals surface area contributed by atoms with Gasteiger partial charge in [0.15, 0.2) is 5.11 Å². The first-order valence-corrected chi connectivity index (χ1v) is 10.2. The molecule has 31 heavy (non-hydrogen) atoms. The Hall–Kier alpha value is -3.71. The van der Waals surface area contributed by atoms with Crippen LogP contribution in [0.5, 0.6) is 0 Å².